The maximum atomic E-state index is 12.6. The molecule has 0 bridgehead atoms. The number of hydrogen-bond donors (Lipinski definition) is 1. The number of nitrogens with zero attached hydrogens (tertiary/aromatic N) is 1. The minimum atomic E-state index is -3.65. The first-order valence-electron chi connectivity index (χ1n) is 6.67. The van der Waals surface area contributed by atoms with E-state index in [0.717, 1.165) is 13.0 Å². The summed E-state index contributed by atoms with van der Waals surface area (Å²) in [6.45, 7) is 2.77. The molecule has 2 atom stereocenters. The van der Waals surface area contributed by atoms with Crippen LogP contribution in [-0.4, -0.2) is 31.2 Å². The van der Waals surface area contributed by atoms with Gasteiger partial charge in [-0.2, -0.15) is 0 Å². The summed E-state index contributed by atoms with van der Waals surface area (Å²) >= 11 is 0. The molecule has 0 aliphatic heterocycles. The first-order valence-corrected chi connectivity index (χ1v) is 8.22. The molecule has 1 N–H and O–H groups in total. The Morgan fingerprint density at radius 3 is 2.70 bits per heavy atom. The molecule has 1 aromatic rings. The lowest BCUT2D eigenvalue weighted by molar-refractivity contribution is -0.387. The number of rotatable bonds is 5. The number of hydrogen-bond acceptors (Lipinski definition) is 5. The van der Waals surface area contributed by atoms with Crippen LogP contribution in [0.5, 0.6) is 0 Å². The van der Waals surface area contributed by atoms with Gasteiger partial charge in [-0.1, -0.05) is 19.1 Å². The third-order valence-electron chi connectivity index (χ3n) is 3.68. The third-order valence-corrected chi connectivity index (χ3v) is 5.95. The number of nitro benzene ring substituents is 1. The van der Waals surface area contributed by atoms with Crippen molar-refractivity contribution in [3.63, 3.8) is 0 Å². The summed E-state index contributed by atoms with van der Waals surface area (Å²) in [5.74, 6) is 0. The summed E-state index contributed by atoms with van der Waals surface area (Å²) in [6, 6.07) is 5.75. The molecule has 0 saturated heterocycles. The van der Waals surface area contributed by atoms with Crippen LogP contribution in [0.1, 0.15) is 26.2 Å². The minimum Gasteiger partial charge on any atom is -0.314 e. The molecule has 20 heavy (non-hydrogen) atoms. The lowest BCUT2D eigenvalue weighted by Crippen LogP contribution is -2.28. The van der Waals surface area contributed by atoms with Crippen LogP contribution < -0.4 is 5.32 Å². The Labute approximate surface area is 118 Å². The Morgan fingerprint density at radius 2 is 2.05 bits per heavy atom. The van der Waals surface area contributed by atoms with Crippen LogP contribution in [0.25, 0.3) is 0 Å². The average Bonchev–Trinajstić information content (AvgIpc) is 2.88. The fourth-order valence-corrected chi connectivity index (χ4v) is 4.72. The van der Waals surface area contributed by atoms with E-state index in [1.807, 2.05) is 6.92 Å². The van der Waals surface area contributed by atoms with Crippen LogP contribution in [-0.2, 0) is 9.84 Å². The van der Waals surface area contributed by atoms with Crippen molar-refractivity contribution in [3.8, 4) is 0 Å². The Morgan fingerprint density at radius 1 is 1.35 bits per heavy atom. The third kappa shape index (κ3) is 2.83. The molecule has 1 aliphatic rings. The molecule has 0 aromatic heterocycles. The fraction of sp³-hybridized carbons (Fsp3) is 0.538. The van der Waals surface area contributed by atoms with Gasteiger partial charge in [0.25, 0.3) is 5.69 Å². The molecule has 2 unspecified atom stereocenters. The highest BCUT2D eigenvalue weighted by molar-refractivity contribution is 7.92. The first-order chi connectivity index (χ1) is 9.46. The molecule has 1 aromatic carbocycles. The van der Waals surface area contributed by atoms with Gasteiger partial charge in [-0.15, -0.1) is 0 Å². The second-order valence-electron chi connectivity index (χ2n) is 4.96. The van der Waals surface area contributed by atoms with Crippen molar-refractivity contribution in [1.82, 2.24) is 5.32 Å². The Kier molecular flexibility index (Phi) is 4.39. The molecule has 1 aliphatic carbocycles. The van der Waals surface area contributed by atoms with Crippen LogP contribution >= 0.6 is 0 Å². The van der Waals surface area contributed by atoms with Crippen molar-refractivity contribution in [3.05, 3.63) is 34.4 Å². The van der Waals surface area contributed by atoms with Crippen LogP contribution in [0.15, 0.2) is 29.2 Å². The number of nitrogens with one attached hydrogen (secondary N) is 1. The Balaban J connectivity index is 2.30. The van der Waals surface area contributed by atoms with E-state index in [-0.39, 0.29) is 16.6 Å². The molecule has 2 rings (SSSR count). The highest BCUT2D eigenvalue weighted by Gasteiger charge is 2.38. The maximum absolute atomic E-state index is 12.6. The number of para-hydroxylation sites is 1. The largest absolute Gasteiger partial charge is 0.314 e. The minimum absolute atomic E-state index is 0.160. The number of nitro groups is 1. The molecule has 0 spiro atoms. The summed E-state index contributed by atoms with van der Waals surface area (Å²) in [4.78, 5) is 10.2. The van der Waals surface area contributed by atoms with Gasteiger partial charge in [0.2, 0.25) is 0 Å². The van der Waals surface area contributed by atoms with Gasteiger partial charge in [0, 0.05) is 12.1 Å². The van der Waals surface area contributed by atoms with E-state index in [9.17, 15) is 18.5 Å². The summed E-state index contributed by atoms with van der Waals surface area (Å²) < 4.78 is 25.2. The second kappa shape index (κ2) is 5.88. The molecule has 0 amide bonds. The standard InChI is InChI=1S/C13H18N2O4S/c1-2-14-10-7-8-11(9-10)20(18,19)13-6-4-3-5-12(13)15(16)17/h3-6,10-11,14H,2,7-9H2,1H3. The monoisotopic (exact) mass is 298 g/mol. The van der Waals surface area contributed by atoms with E-state index >= 15 is 0 Å². The van der Waals surface area contributed by atoms with Crippen LogP contribution in [0.2, 0.25) is 0 Å². The van der Waals surface area contributed by atoms with Crippen molar-refractivity contribution < 1.29 is 13.3 Å². The van der Waals surface area contributed by atoms with Crippen molar-refractivity contribution in [2.45, 2.75) is 42.4 Å². The van der Waals surface area contributed by atoms with Gasteiger partial charge in [0.15, 0.2) is 9.84 Å². The molecular weight excluding hydrogens is 280 g/mol. The molecule has 7 heteroatoms. The van der Waals surface area contributed by atoms with Gasteiger partial charge >= 0.3 is 0 Å². The lowest BCUT2D eigenvalue weighted by Gasteiger charge is -2.13. The topological polar surface area (TPSA) is 89.3 Å². The van der Waals surface area contributed by atoms with Crippen LogP contribution in [0, 0.1) is 10.1 Å². The first kappa shape index (κ1) is 14.9. The average molecular weight is 298 g/mol. The quantitative estimate of drug-likeness (QED) is 0.662. The molecular formula is C13H18N2O4S. The summed E-state index contributed by atoms with van der Waals surface area (Å²) in [5.41, 5.74) is -0.334. The fourth-order valence-electron chi connectivity index (χ4n) is 2.72. The van der Waals surface area contributed by atoms with Crippen molar-refractivity contribution in [2.75, 3.05) is 6.54 Å². The van der Waals surface area contributed by atoms with E-state index in [1.54, 1.807) is 0 Å². The SMILES string of the molecule is CCNC1CCC(S(=O)(=O)c2ccccc2[N+](=O)[O-])C1. The summed E-state index contributed by atoms with van der Waals surface area (Å²) in [7, 11) is -3.65. The van der Waals surface area contributed by atoms with Crippen molar-refractivity contribution in [1.29, 1.82) is 0 Å². The van der Waals surface area contributed by atoms with E-state index < -0.39 is 20.0 Å². The predicted molar refractivity (Wildman–Crippen MR) is 75.4 cm³/mol. The highest BCUT2D eigenvalue weighted by Crippen LogP contribution is 2.33. The van der Waals surface area contributed by atoms with Gasteiger partial charge in [0.05, 0.1) is 10.2 Å². The Hall–Kier alpha value is -1.47. The smallest absolute Gasteiger partial charge is 0.287 e. The molecule has 0 radical (unpaired) electrons. The lowest BCUT2D eigenvalue weighted by atomic mass is 10.2. The van der Waals surface area contributed by atoms with Gasteiger partial charge in [0.1, 0.15) is 4.90 Å². The van der Waals surface area contributed by atoms with Crippen molar-refractivity contribution >= 4 is 15.5 Å². The Bertz CT molecular complexity index is 600. The normalized spacial score (nSPS) is 22.9. The highest BCUT2D eigenvalue weighted by atomic mass is 32.2. The zero-order valence-electron chi connectivity index (χ0n) is 11.3. The predicted octanol–water partition coefficient (Wildman–Crippen LogP) is 1.90. The van der Waals surface area contributed by atoms with Crippen molar-refractivity contribution in [2.24, 2.45) is 0 Å². The van der Waals surface area contributed by atoms with Gasteiger partial charge in [-0.25, -0.2) is 8.42 Å². The molecule has 110 valence electrons. The second-order valence-corrected chi connectivity index (χ2v) is 7.16. The number of sulfone groups is 1. The zero-order chi connectivity index (χ0) is 14.8. The molecule has 1 saturated carbocycles. The van der Waals surface area contributed by atoms with E-state index in [2.05, 4.69) is 5.32 Å². The van der Waals surface area contributed by atoms with E-state index in [0.29, 0.717) is 12.8 Å². The van der Waals surface area contributed by atoms with E-state index in [4.69, 9.17) is 0 Å². The maximum Gasteiger partial charge on any atom is 0.287 e. The molecule has 1 fully saturated rings. The van der Waals surface area contributed by atoms with Gasteiger partial charge in [-0.3, -0.25) is 10.1 Å². The zero-order valence-corrected chi connectivity index (χ0v) is 12.1. The summed E-state index contributed by atoms with van der Waals surface area (Å²) in [6.07, 6.45) is 1.85. The molecule has 6 nitrogen and oxygen atoms in total. The number of benzene rings is 1. The van der Waals surface area contributed by atoms with Gasteiger partial charge < -0.3 is 5.32 Å². The van der Waals surface area contributed by atoms with E-state index in [1.165, 1.54) is 24.3 Å². The summed E-state index contributed by atoms with van der Waals surface area (Å²) in [5, 5.41) is 13.7. The van der Waals surface area contributed by atoms with Crippen LogP contribution in [0.3, 0.4) is 0 Å². The molecule has 0 heterocycles. The van der Waals surface area contributed by atoms with Crippen LogP contribution in [0.4, 0.5) is 5.69 Å². The van der Waals surface area contributed by atoms with Gasteiger partial charge in [-0.05, 0) is 31.9 Å².